The van der Waals surface area contributed by atoms with Crippen molar-refractivity contribution in [3.63, 3.8) is 0 Å². The Morgan fingerprint density at radius 1 is 1.16 bits per heavy atom. The van der Waals surface area contributed by atoms with Crippen LogP contribution in [-0.2, 0) is 14.3 Å². The number of amides is 1. The number of piperidine rings is 1. The molecule has 0 bridgehead atoms. The van der Waals surface area contributed by atoms with Crippen LogP contribution in [0.5, 0.6) is 0 Å². The minimum absolute atomic E-state index is 0.0966. The summed E-state index contributed by atoms with van der Waals surface area (Å²) in [6.45, 7) is 3.55. The second kappa shape index (κ2) is 10.6. The number of aromatic nitrogens is 3. The number of pyridine rings is 1. The number of rotatable bonds is 7. The lowest BCUT2D eigenvalue weighted by Crippen LogP contribution is -2.44. The maximum atomic E-state index is 13.0. The molecule has 1 aliphatic heterocycles. The fourth-order valence-electron chi connectivity index (χ4n) is 5.01. The lowest BCUT2D eigenvalue weighted by Gasteiger charge is -2.37. The Labute approximate surface area is 189 Å². The minimum Gasteiger partial charge on any atom is -0.465 e. The van der Waals surface area contributed by atoms with Gasteiger partial charge in [-0.05, 0) is 50.7 Å². The third-order valence-corrected chi connectivity index (χ3v) is 6.67. The zero-order chi connectivity index (χ0) is 22.3. The highest BCUT2D eigenvalue weighted by molar-refractivity contribution is 5.80. The summed E-state index contributed by atoms with van der Waals surface area (Å²) >= 11 is 0. The van der Waals surface area contributed by atoms with Gasteiger partial charge in [-0.25, -0.2) is 4.98 Å². The molecule has 2 aliphatic rings. The molecule has 32 heavy (non-hydrogen) atoms. The van der Waals surface area contributed by atoms with Crippen LogP contribution in [0.4, 0.5) is 11.6 Å². The van der Waals surface area contributed by atoms with E-state index in [1.807, 2.05) is 36.1 Å². The van der Waals surface area contributed by atoms with Crippen molar-refractivity contribution in [2.45, 2.75) is 57.8 Å². The van der Waals surface area contributed by atoms with Crippen molar-refractivity contribution in [2.24, 2.45) is 11.8 Å². The van der Waals surface area contributed by atoms with Gasteiger partial charge in [0.1, 0.15) is 17.6 Å². The number of likely N-dealkylation sites (tertiary alicyclic amines) is 1. The standard InChI is InChI=1S/C24H33N5O3/c1-2-32-24(31)22(19-9-6-10-20(26-19)27-21-11-14-25-28-21)17-12-15-29(16-13-17)23(30)18-7-4-3-5-8-18/h6,9-11,14,17-18,22H,2-5,7-8,12-13,15-16H2,1H3,(H2,25,26,27,28)/t22-/m0/s1. The summed E-state index contributed by atoms with van der Waals surface area (Å²) in [5.41, 5.74) is 0.699. The van der Waals surface area contributed by atoms with E-state index >= 15 is 0 Å². The molecule has 1 atom stereocenters. The average molecular weight is 440 g/mol. The van der Waals surface area contributed by atoms with Crippen LogP contribution in [0.15, 0.2) is 30.5 Å². The molecule has 172 valence electrons. The third kappa shape index (κ3) is 5.29. The van der Waals surface area contributed by atoms with Crippen LogP contribution in [0.25, 0.3) is 0 Å². The quantitative estimate of drug-likeness (QED) is 0.632. The van der Waals surface area contributed by atoms with E-state index in [4.69, 9.17) is 9.72 Å². The Morgan fingerprint density at radius 2 is 1.94 bits per heavy atom. The number of H-pyrrole nitrogens is 1. The summed E-state index contributed by atoms with van der Waals surface area (Å²) in [6.07, 6.45) is 8.82. The van der Waals surface area contributed by atoms with Crippen LogP contribution in [0.2, 0.25) is 0 Å². The first kappa shape index (κ1) is 22.3. The van der Waals surface area contributed by atoms with E-state index in [0.717, 1.165) is 44.3 Å². The number of carbonyl (C=O) groups is 2. The topological polar surface area (TPSA) is 100 Å². The molecule has 0 aromatic carbocycles. The van der Waals surface area contributed by atoms with E-state index in [0.29, 0.717) is 37.1 Å². The number of carbonyl (C=O) groups excluding carboxylic acids is 2. The predicted molar refractivity (Wildman–Crippen MR) is 121 cm³/mol. The van der Waals surface area contributed by atoms with E-state index in [2.05, 4.69) is 15.5 Å². The number of nitrogens with one attached hydrogen (secondary N) is 2. The summed E-state index contributed by atoms with van der Waals surface area (Å²) in [6, 6.07) is 7.46. The largest absolute Gasteiger partial charge is 0.465 e. The highest BCUT2D eigenvalue weighted by Crippen LogP contribution is 2.35. The molecule has 0 spiro atoms. The van der Waals surface area contributed by atoms with Gasteiger partial charge < -0.3 is 15.0 Å². The van der Waals surface area contributed by atoms with Gasteiger partial charge in [-0.3, -0.25) is 14.7 Å². The average Bonchev–Trinajstić information content (AvgIpc) is 3.33. The molecule has 1 saturated heterocycles. The second-order valence-electron chi connectivity index (χ2n) is 8.77. The van der Waals surface area contributed by atoms with Crippen LogP contribution in [0, 0.1) is 11.8 Å². The van der Waals surface area contributed by atoms with Crippen molar-refractivity contribution in [2.75, 3.05) is 25.0 Å². The zero-order valence-corrected chi connectivity index (χ0v) is 18.8. The van der Waals surface area contributed by atoms with Crippen LogP contribution in [-0.4, -0.2) is 51.7 Å². The molecule has 8 heteroatoms. The van der Waals surface area contributed by atoms with E-state index < -0.39 is 5.92 Å². The van der Waals surface area contributed by atoms with Crippen molar-refractivity contribution in [3.8, 4) is 0 Å². The van der Waals surface area contributed by atoms with Gasteiger partial charge in [0, 0.05) is 25.1 Å². The molecular weight excluding hydrogens is 406 g/mol. The Balaban J connectivity index is 1.45. The van der Waals surface area contributed by atoms with Gasteiger partial charge in [0.2, 0.25) is 5.91 Å². The number of hydrogen-bond acceptors (Lipinski definition) is 6. The van der Waals surface area contributed by atoms with E-state index in [1.165, 1.54) is 6.42 Å². The number of hydrogen-bond donors (Lipinski definition) is 2. The fraction of sp³-hybridized carbons (Fsp3) is 0.583. The summed E-state index contributed by atoms with van der Waals surface area (Å²) in [5, 5.41) is 9.97. The molecule has 8 nitrogen and oxygen atoms in total. The van der Waals surface area contributed by atoms with Crippen molar-refractivity contribution in [3.05, 3.63) is 36.2 Å². The van der Waals surface area contributed by atoms with Crippen LogP contribution < -0.4 is 5.32 Å². The van der Waals surface area contributed by atoms with Crippen LogP contribution in [0.3, 0.4) is 0 Å². The normalized spacial score (nSPS) is 18.8. The third-order valence-electron chi connectivity index (χ3n) is 6.67. The van der Waals surface area contributed by atoms with Crippen LogP contribution in [0.1, 0.15) is 63.5 Å². The number of esters is 1. The molecule has 0 unspecified atom stereocenters. The van der Waals surface area contributed by atoms with Gasteiger partial charge >= 0.3 is 5.97 Å². The van der Waals surface area contributed by atoms with Crippen LogP contribution >= 0.6 is 0 Å². The monoisotopic (exact) mass is 439 g/mol. The van der Waals surface area contributed by atoms with Crippen molar-refractivity contribution in [1.82, 2.24) is 20.1 Å². The summed E-state index contributed by atoms with van der Waals surface area (Å²) in [4.78, 5) is 32.6. The molecule has 1 amide bonds. The molecule has 0 radical (unpaired) electrons. The van der Waals surface area contributed by atoms with Crippen molar-refractivity contribution in [1.29, 1.82) is 0 Å². The summed E-state index contributed by atoms with van der Waals surface area (Å²) in [5.74, 6) is 1.29. The molecular formula is C24H33N5O3. The number of aromatic amines is 1. The number of ether oxygens (including phenoxy) is 1. The van der Waals surface area contributed by atoms with Gasteiger partial charge in [0.15, 0.2) is 0 Å². The molecule has 2 fully saturated rings. The molecule has 1 aliphatic carbocycles. The second-order valence-corrected chi connectivity index (χ2v) is 8.77. The maximum absolute atomic E-state index is 13.0. The van der Waals surface area contributed by atoms with Gasteiger partial charge in [0.05, 0.1) is 18.5 Å². The molecule has 2 aromatic rings. The molecule has 3 heterocycles. The van der Waals surface area contributed by atoms with Gasteiger partial charge in [0.25, 0.3) is 0 Å². The number of anilines is 2. The SMILES string of the molecule is CCOC(=O)[C@H](c1cccc(Nc2ccn[nH]2)n1)C1CCN(C(=O)C2CCCCC2)CC1. The smallest absolute Gasteiger partial charge is 0.315 e. The Bertz CT molecular complexity index is 887. The maximum Gasteiger partial charge on any atom is 0.315 e. The van der Waals surface area contributed by atoms with Crippen molar-refractivity contribution >= 4 is 23.5 Å². The summed E-state index contributed by atoms with van der Waals surface area (Å²) < 4.78 is 5.43. The van der Waals surface area contributed by atoms with Crippen molar-refractivity contribution < 1.29 is 14.3 Å². The Kier molecular flexibility index (Phi) is 7.39. The zero-order valence-electron chi connectivity index (χ0n) is 18.8. The Hall–Kier alpha value is -2.90. The van der Waals surface area contributed by atoms with Gasteiger partial charge in [-0.1, -0.05) is 25.3 Å². The molecule has 2 aromatic heterocycles. The predicted octanol–water partition coefficient (Wildman–Crippen LogP) is 4.01. The van der Waals surface area contributed by atoms with E-state index in [1.54, 1.807) is 6.20 Å². The molecule has 2 N–H and O–H groups in total. The lowest BCUT2D eigenvalue weighted by atomic mass is 9.81. The van der Waals surface area contributed by atoms with Gasteiger partial charge in [-0.2, -0.15) is 5.10 Å². The van der Waals surface area contributed by atoms with E-state index in [-0.39, 0.29) is 17.8 Å². The molecule has 1 saturated carbocycles. The summed E-state index contributed by atoms with van der Waals surface area (Å²) in [7, 11) is 0. The fourth-order valence-corrected chi connectivity index (χ4v) is 5.01. The highest BCUT2D eigenvalue weighted by atomic mass is 16.5. The minimum atomic E-state index is -0.439. The Morgan fingerprint density at radius 3 is 2.62 bits per heavy atom. The van der Waals surface area contributed by atoms with Gasteiger partial charge in [-0.15, -0.1) is 0 Å². The number of nitrogens with zero attached hydrogens (tertiary/aromatic N) is 3. The first-order chi connectivity index (χ1) is 15.7. The first-order valence-corrected chi connectivity index (χ1v) is 11.8. The van der Waals surface area contributed by atoms with E-state index in [9.17, 15) is 9.59 Å². The molecule has 4 rings (SSSR count). The highest BCUT2D eigenvalue weighted by Gasteiger charge is 2.37. The lowest BCUT2D eigenvalue weighted by molar-refractivity contribution is -0.147. The first-order valence-electron chi connectivity index (χ1n) is 11.8.